The van der Waals surface area contributed by atoms with Gasteiger partial charge in [-0.25, -0.2) is 0 Å². The number of hydrogen-bond donors (Lipinski definition) is 2. The zero-order valence-corrected chi connectivity index (χ0v) is 16.3. The van der Waals surface area contributed by atoms with Gasteiger partial charge in [-0.2, -0.15) is 0 Å². The number of rotatable bonds is 7. The number of aliphatic imine (C=N–C) groups is 1. The van der Waals surface area contributed by atoms with Crippen molar-refractivity contribution < 1.29 is 4.74 Å². The highest BCUT2D eigenvalue weighted by molar-refractivity contribution is 9.10. The van der Waals surface area contributed by atoms with Gasteiger partial charge in [0.05, 0.1) is 13.2 Å². The quantitative estimate of drug-likeness (QED) is 0.422. The van der Waals surface area contributed by atoms with Crippen molar-refractivity contribution in [2.24, 2.45) is 4.99 Å². The first-order valence-electron chi connectivity index (χ1n) is 8.72. The molecule has 0 atom stereocenters. The van der Waals surface area contributed by atoms with Crippen molar-refractivity contribution in [3.63, 3.8) is 0 Å². The van der Waals surface area contributed by atoms with E-state index in [0.29, 0.717) is 19.2 Å². The zero-order chi connectivity index (χ0) is 17.2. The highest BCUT2D eigenvalue weighted by atomic mass is 79.9. The second kappa shape index (κ2) is 10.7. The lowest BCUT2D eigenvalue weighted by atomic mass is 10.0. The Morgan fingerprint density at radius 1 is 1.29 bits per heavy atom. The Bertz CT molecular complexity index is 498. The standard InChI is InChI=1S/C18H29BrN4O/c1-3-20-18(21-10-13-24-2)22-17-8-11-23(12-9-17)14-15-4-6-16(19)7-5-15/h4-7,17H,3,8-14H2,1-2H3,(H2,20,21,22). The third-order valence-electron chi connectivity index (χ3n) is 4.16. The molecule has 0 aliphatic carbocycles. The molecule has 134 valence electrons. The van der Waals surface area contributed by atoms with Crippen LogP contribution < -0.4 is 10.6 Å². The Balaban J connectivity index is 1.76. The van der Waals surface area contributed by atoms with Gasteiger partial charge in [-0.3, -0.25) is 9.89 Å². The van der Waals surface area contributed by atoms with Crippen molar-refractivity contribution in [3.05, 3.63) is 34.3 Å². The van der Waals surface area contributed by atoms with Gasteiger partial charge in [0, 0.05) is 43.8 Å². The summed E-state index contributed by atoms with van der Waals surface area (Å²) in [6.07, 6.45) is 2.29. The van der Waals surface area contributed by atoms with Crippen molar-refractivity contribution in [2.75, 3.05) is 39.9 Å². The van der Waals surface area contributed by atoms with Crippen LogP contribution in [0.4, 0.5) is 0 Å². The van der Waals surface area contributed by atoms with Crippen molar-refractivity contribution >= 4 is 21.9 Å². The van der Waals surface area contributed by atoms with Crippen LogP contribution in [0.25, 0.3) is 0 Å². The van der Waals surface area contributed by atoms with Crippen LogP contribution in [0.5, 0.6) is 0 Å². The van der Waals surface area contributed by atoms with E-state index in [4.69, 9.17) is 4.74 Å². The third-order valence-corrected chi connectivity index (χ3v) is 4.69. The molecule has 1 saturated heterocycles. The molecule has 0 radical (unpaired) electrons. The Hall–Kier alpha value is -1.11. The smallest absolute Gasteiger partial charge is 0.191 e. The molecule has 6 heteroatoms. The summed E-state index contributed by atoms with van der Waals surface area (Å²) in [4.78, 5) is 7.07. The largest absolute Gasteiger partial charge is 0.383 e. The lowest BCUT2D eigenvalue weighted by molar-refractivity contribution is 0.198. The molecule has 2 N–H and O–H groups in total. The molecule has 0 saturated carbocycles. The number of piperidine rings is 1. The number of nitrogens with zero attached hydrogens (tertiary/aromatic N) is 2. The molecule has 1 aromatic carbocycles. The van der Waals surface area contributed by atoms with E-state index >= 15 is 0 Å². The number of methoxy groups -OCH3 is 1. The minimum absolute atomic E-state index is 0.492. The van der Waals surface area contributed by atoms with Gasteiger partial charge in [0.15, 0.2) is 5.96 Å². The van der Waals surface area contributed by atoms with Gasteiger partial charge in [-0.1, -0.05) is 28.1 Å². The number of guanidine groups is 1. The first-order chi connectivity index (χ1) is 11.7. The second-order valence-electron chi connectivity index (χ2n) is 6.07. The summed E-state index contributed by atoms with van der Waals surface area (Å²) in [7, 11) is 1.71. The van der Waals surface area contributed by atoms with Crippen LogP contribution in [0.3, 0.4) is 0 Å². The van der Waals surface area contributed by atoms with E-state index in [1.807, 2.05) is 0 Å². The normalized spacial score (nSPS) is 17.0. The van der Waals surface area contributed by atoms with Crippen LogP contribution >= 0.6 is 15.9 Å². The van der Waals surface area contributed by atoms with Crippen LogP contribution in [0.15, 0.2) is 33.7 Å². The molecule has 1 aromatic rings. The Morgan fingerprint density at radius 3 is 2.62 bits per heavy atom. The topological polar surface area (TPSA) is 48.9 Å². The Morgan fingerprint density at radius 2 is 2.00 bits per heavy atom. The van der Waals surface area contributed by atoms with Crippen LogP contribution in [-0.2, 0) is 11.3 Å². The Kier molecular flexibility index (Phi) is 8.56. The van der Waals surface area contributed by atoms with E-state index in [1.165, 1.54) is 5.56 Å². The number of nitrogens with one attached hydrogen (secondary N) is 2. The monoisotopic (exact) mass is 396 g/mol. The molecule has 0 amide bonds. The number of benzene rings is 1. The van der Waals surface area contributed by atoms with Crippen LogP contribution in [-0.4, -0.2) is 56.8 Å². The molecular formula is C18H29BrN4O. The molecule has 0 bridgehead atoms. The van der Waals surface area contributed by atoms with E-state index in [1.54, 1.807) is 7.11 Å². The van der Waals surface area contributed by atoms with E-state index in [-0.39, 0.29) is 0 Å². The lowest BCUT2D eigenvalue weighted by Crippen LogP contribution is -2.48. The van der Waals surface area contributed by atoms with Gasteiger partial charge in [0.1, 0.15) is 0 Å². The van der Waals surface area contributed by atoms with Gasteiger partial charge in [-0.05, 0) is 37.5 Å². The molecule has 5 nitrogen and oxygen atoms in total. The van der Waals surface area contributed by atoms with Crippen molar-refractivity contribution in [3.8, 4) is 0 Å². The fourth-order valence-electron chi connectivity index (χ4n) is 2.85. The lowest BCUT2D eigenvalue weighted by Gasteiger charge is -2.33. The van der Waals surface area contributed by atoms with Gasteiger partial charge in [0.25, 0.3) is 0 Å². The number of likely N-dealkylation sites (tertiary alicyclic amines) is 1. The van der Waals surface area contributed by atoms with Gasteiger partial charge >= 0.3 is 0 Å². The van der Waals surface area contributed by atoms with Gasteiger partial charge in [0.2, 0.25) is 0 Å². The summed E-state index contributed by atoms with van der Waals surface area (Å²) >= 11 is 3.49. The molecule has 1 fully saturated rings. The fraction of sp³-hybridized carbons (Fsp3) is 0.611. The summed E-state index contributed by atoms with van der Waals surface area (Å²) < 4.78 is 6.20. The predicted octanol–water partition coefficient (Wildman–Crippen LogP) is 2.62. The number of halogens is 1. The van der Waals surface area contributed by atoms with E-state index in [2.05, 4.69) is 67.6 Å². The minimum atomic E-state index is 0.492. The van der Waals surface area contributed by atoms with Crippen LogP contribution in [0.2, 0.25) is 0 Å². The average molecular weight is 397 g/mol. The van der Waals surface area contributed by atoms with Crippen LogP contribution in [0, 0.1) is 0 Å². The summed E-state index contributed by atoms with van der Waals surface area (Å²) in [5, 5.41) is 6.87. The first-order valence-corrected chi connectivity index (χ1v) is 9.51. The summed E-state index contributed by atoms with van der Waals surface area (Å²) in [5.74, 6) is 0.904. The predicted molar refractivity (Wildman–Crippen MR) is 103 cm³/mol. The van der Waals surface area contributed by atoms with E-state index in [0.717, 1.165) is 49.5 Å². The van der Waals surface area contributed by atoms with Crippen molar-refractivity contribution in [2.45, 2.75) is 32.4 Å². The molecule has 24 heavy (non-hydrogen) atoms. The summed E-state index contributed by atoms with van der Waals surface area (Å²) in [6, 6.07) is 9.11. The molecule has 0 spiro atoms. The second-order valence-corrected chi connectivity index (χ2v) is 6.99. The maximum atomic E-state index is 5.07. The molecule has 1 aliphatic rings. The zero-order valence-electron chi connectivity index (χ0n) is 14.7. The molecule has 1 aliphatic heterocycles. The molecule has 0 aromatic heterocycles. The van der Waals surface area contributed by atoms with Crippen molar-refractivity contribution in [1.82, 2.24) is 15.5 Å². The van der Waals surface area contributed by atoms with Crippen LogP contribution in [0.1, 0.15) is 25.3 Å². The Labute approximate surface area is 154 Å². The highest BCUT2D eigenvalue weighted by Gasteiger charge is 2.20. The van der Waals surface area contributed by atoms with Gasteiger partial charge < -0.3 is 15.4 Å². The fourth-order valence-corrected chi connectivity index (χ4v) is 3.11. The summed E-state index contributed by atoms with van der Waals surface area (Å²) in [5.41, 5.74) is 1.37. The molecule has 0 unspecified atom stereocenters. The third kappa shape index (κ3) is 6.79. The summed E-state index contributed by atoms with van der Waals surface area (Å²) in [6.45, 7) is 7.57. The minimum Gasteiger partial charge on any atom is -0.383 e. The highest BCUT2D eigenvalue weighted by Crippen LogP contribution is 2.16. The maximum Gasteiger partial charge on any atom is 0.191 e. The molecule has 2 rings (SSSR count). The SMILES string of the molecule is CCNC(=NCCOC)NC1CCN(Cc2ccc(Br)cc2)CC1. The van der Waals surface area contributed by atoms with E-state index in [9.17, 15) is 0 Å². The average Bonchev–Trinajstić information content (AvgIpc) is 2.59. The first kappa shape index (κ1) is 19.2. The maximum absolute atomic E-state index is 5.07. The number of ether oxygens (including phenoxy) is 1. The number of hydrogen-bond acceptors (Lipinski definition) is 3. The van der Waals surface area contributed by atoms with Gasteiger partial charge in [-0.15, -0.1) is 0 Å². The van der Waals surface area contributed by atoms with E-state index < -0.39 is 0 Å². The molecule has 1 heterocycles. The molecular weight excluding hydrogens is 368 g/mol. The van der Waals surface area contributed by atoms with Crippen molar-refractivity contribution in [1.29, 1.82) is 0 Å².